The summed E-state index contributed by atoms with van der Waals surface area (Å²) < 4.78 is 0. The molecule has 0 aromatic heterocycles. The lowest BCUT2D eigenvalue weighted by molar-refractivity contribution is 0.215. The van der Waals surface area contributed by atoms with E-state index in [0.29, 0.717) is 6.04 Å². The smallest absolute Gasteiger partial charge is 0.0576 e. The summed E-state index contributed by atoms with van der Waals surface area (Å²) in [6.45, 7) is 5.37. The highest BCUT2D eigenvalue weighted by Gasteiger charge is 2.26. The summed E-state index contributed by atoms with van der Waals surface area (Å²) in [5.74, 6) is 4.23. The fourth-order valence-electron chi connectivity index (χ4n) is 2.26. The molecule has 1 heteroatoms. The van der Waals surface area contributed by atoms with Gasteiger partial charge >= 0.3 is 0 Å². The van der Waals surface area contributed by atoms with Gasteiger partial charge in [0.15, 0.2) is 0 Å². The van der Waals surface area contributed by atoms with Crippen LogP contribution in [-0.4, -0.2) is 12.6 Å². The van der Waals surface area contributed by atoms with Gasteiger partial charge in [0.2, 0.25) is 0 Å². The first kappa shape index (κ1) is 9.61. The van der Waals surface area contributed by atoms with Gasteiger partial charge in [0.1, 0.15) is 0 Å². The Labute approximate surface area is 75.9 Å². The maximum atomic E-state index is 5.22. The second kappa shape index (κ2) is 4.52. The minimum absolute atomic E-state index is 0.648. The van der Waals surface area contributed by atoms with E-state index in [0.717, 1.165) is 18.4 Å². The van der Waals surface area contributed by atoms with Crippen molar-refractivity contribution >= 4 is 0 Å². The Morgan fingerprint density at radius 1 is 1.33 bits per heavy atom. The number of hydrogen-bond donors (Lipinski definition) is 1. The van der Waals surface area contributed by atoms with Crippen molar-refractivity contribution in [2.24, 2.45) is 11.8 Å². The highest BCUT2D eigenvalue weighted by atomic mass is 14.9. The molecule has 68 valence electrons. The predicted octanol–water partition coefficient (Wildman–Crippen LogP) is 2.03. The summed E-state index contributed by atoms with van der Waals surface area (Å²) in [4.78, 5) is 0. The highest BCUT2D eigenvalue weighted by Crippen LogP contribution is 2.28. The Bertz CT molecular complexity index is 158. The first-order chi connectivity index (χ1) is 5.75. The summed E-state index contributed by atoms with van der Waals surface area (Å²) in [6, 6.07) is 0.648. The maximum absolute atomic E-state index is 5.22. The van der Waals surface area contributed by atoms with Gasteiger partial charge in [-0.25, -0.2) is 0 Å². The minimum atomic E-state index is 0.648. The minimum Gasteiger partial charge on any atom is -0.303 e. The first-order valence-corrected chi connectivity index (χ1v) is 4.92. The Hall–Kier alpha value is -0.480. The fourth-order valence-corrected chi connectivity index (χ4v) is 2.26. The van der Waals surface area contributed by atoms with Crippen LogP contribution in [0.15, 0.2) is 0 Å². The zero-order valence-corrected chi connectivity index (χ0v) is 8.14. The molecule has 0 bridgehead atoms. The van der Waals surface area contributed by atoms with Gasteiger partial charge in [-0.05, 0) is 24.7 Å². The molecule has 2 unspecified atom stereocenters. The third-order valence-corrected chi connectivity index (χ3v) is 2.98. The monoisotopic (exact) mass is 165 g/mol. The van der Waals surface area contributed by atoms with Crippen molar-refractivity contribution in [3.63, 3.8) is 0 Å². The van der Waals surface area contributed by atoms with Crippen LogP contribution < -0.4 is 5.32 Å². The van der Waals surface area contributed by atoms with E-state index >= 15 is 0 Å². The molecular weight excluding hydrogens is 146 g/mol. The molecule has 0 aliphatic heterocycles. The van der Waals surface area contributed by atoms with E-state index in [1.807, 2.05) is 0 Å². The number of rotatable bonds is 2. The van der Waals surface area contributed by atoms with E-state index in [1.165, 1.54) is 19.3 Å². The van der Waals surface area contributed by atoms with Gasteiger partial charge < -0.3 is 5.32 Å². The van der Waals surface area contributed by atoms with Gasteiger partial charge in [-0.2, -0.15) is 0 Å². The summed E-state index contributed by atoms with van der Waals surface area (Å²) in [5.41, 5.74) is 0. The molecular formula is C11H19N. The van der Waals surface area contributed by atoms with Crippen LogP contribution in [-0.2, 0) is 0 Å². The standard InChI is InChI=1S/C11H19N/c1-4-8-12-11-9(2)6-5-7-10(11)3/h1,9-12H,5-8H2,2-3H3. The molecule has 2 atom stereocenters. The quantitative estimate of drug-likeness (QED) is 0.617. The maximum Gasteiger partial charge on any atom is 0.0576 e. The van der Waals surface area contributed by atoms with Crippen LogP contribution in [0.25, 0.3) is 0 Å². The zero-order chi connectivity index (χ0) is 8.97. The molecule has 0 spiro atoms. The van der Waals surface area contributed by atoms with Gasteiger partial charge in [-0.1, -0.05) is 26.2 Å². The van der Waals surface area contributed by atoms with E-state index in [-0.39, 0.29) is 0 Å². The summed E-state index contributed by atoms with van der Waals surface area (Å²) in [6.07, 6.45) is 9.32. The van der Waals surface area contributed by atoms with Gasteiger partial charge in [0.05, 0.1) is 6.54 Å². The van der Waals surface area contributed by atoms with E-state index in [9.17, 15) is 0 Å². The molecule has 0 aromatic rings. The van der Waals surface area contributed by atoms with Crippen molar-refractivity contribution < 1.29 is 0 Å². The Kier molecular flexibility index (Phi) is 3.62. The lowest BCUT2D eigenvalue weighted by atomic mass is 9.79. The normalized spacial score (nSPS) is 35.9. The van der Waals surface area contributed by atoms with Crippen molar-refractivity contribution in [1.82, 2.24) is 5.32 Å². The van der Waals surface area contributed by atoms with E-state index < -0.39 is 0 Å². The van der Waals surface area contributed by atoms with Gasteiger partial charge in [0, 0.05) is 6.04 Å². The Morgan fingerprint density at radius 2 is 1.92 bits per heavy atom. The Morgan fingerprint density at radius 3 is 2.42 bits per heavy atom. The lowest BCUT2D eigenvalue weighted by Gasteiger charge is -2.34. The first-order valence-electron chi connectivity index (χ1n) is 4.92. The zero-order valence-electron chi connectivity index (χ0n) is 8.14. The van der Waals surface area contributed by atoms with Crippen LogP contribution >= 0.6 is 0 Å². The molecule has 0 aromatic carbocycles. The topological polar surface area (TPSA) is 12.0 Å². The van der Waals surface area contributed by atoms with Gasteiger partial charge in [-0.15, -0.1) is 6.42 Å². The summed E-state index contributed by atoms with van der Waals surface area (Å²) >= 11 is 0. The van der Waals surface area contributed by atoms with Gasteiger partial charge in [0.25, 0.3) is 0 Å². The molecule has 1 rings (SSSR count). The predicted molar refractivity (Wildman–Crippen MR) is 52.8 cm³/mol. The van der Waals surface area contributed by atoms with Crippen LogP contribution in [0.3, 0.4) is 0 Å². The molecule has 0 saturated heterocycles. The highest BCUT2D eigenvalue weighted by molar-refractivity contribution is 4.91. The molecule has 0 heterocycles. The van der Waals surface area contributed by atoms with E-state index in [4.69, 9.17) is 6.42 Å². The van der Waals surface area contributed by atoms with Crippen molar-refractivity contribution in [3.05, 3.63) is 0 Å². The molecule has 1 aliphatic carbocycles. The molecule has 1 N–H and O–H groups in total. The average molecular weight is 165 g/mol. The molecule has 1 fully saturated rings. The summed E-state index contributed by atoms with van der Waals surface area (Å²) in [7, 11) is 0. The fraction of sp³-hybridized carbons (Fsp3) is 0.818. The number of nitrogens with one attached hydrogen (secondary N) is 1. The van der Waals surface area contributed by atoms with Crippen molar-refractivity contribution in [2.45, 2.75) is 39.2 Å². The van der Waals surface area contributed by atoms with E-state index in [1.54, 1.807) is 0 Å². The molecule has 1 aliphatic rings. The van der Waals surface area contributed by atoms with Crippen LogP contribution in [0.4, 0.5) is 0 Å². The summed E-state index contributed by atoms with van der Waals surface area (Å²) in [5, 5.41) is 3.43. The van der Waals surface area contributed by atoms with Crippen molar-refractivity contribution in [3.8, 4) is 12.3 Å². The third-order valence-electron chi connectivity index (χ3n) is 2.98. The average Bonchev–Trinajstić information content (AvgIpc) is 2.04. The third kappa shape index (κ3) is 2.25. The number of hydrogen-bond acceptors (Lipinski definition) is 1. The van der Waals surface area contributed by atoms with Crippen LogP contribution in [0.5, 0.6) is 0 Å². The van der Waals surface area contributed by atoms with Crippen molar-refractivity contribution in [1.29, 1.82) is 0 Å². The second-order valence-electron chi connectivity index (χ2n) is 4.00. The largest absolute Gasteiger partial charge is 0.303 e. The Balaban J connectivity index is 2.41. The van der Waals surface area contributed by atoms with Crippen LogP contribution in [0.1, 0.15) is 33.1 Å². The van der Waals surface area contributed by atoms with Crippen LogP contribution in [0.2, 0.25) is 0 Å². The second-order valence-corrected chi connectivity index (χ2v) is 4.00. The number of terminal acetylenes is 1. The lowest BCUT2D eigenvalue weighted by Crippen LogP contribution is -2.42. The molecule has 1 saturated carbocycles. The molecule has 1 nitrogen and oxygen atoms in total. The molecule has 0 amide bonds. The van der Waals surface area contributed by atoms with Crippen LogP contribution in [0, 0.1) is 24.2 Å². The van der Waals surface area contributed by atoms with Crippen molar-refractivity contribution in [2.75, 3.05) is 6.54 Å². The SMILES string of the molecule is C#CCNC1C(C)CCCC1C. The van der Waals surface area contributed by atoms with E-state index in [2.05, 4.69) is 25.1 Å². The van der Waals surface area contributed by atoms with Gasteiger partial charge in [-0.3, -0.25) is 0 Å². The molecule has 0 radical (unpaired) electrons. The molecule has 12 heavy (non-hydrogen) atoms.